The zero-order valence-corrected chi connectivity index (χ0v) is 11.3. The van der Waals surface area contributed by atoms with Crippen LogP contribution in [0.15, 0.2) is 11.4 Å². The van der Waals surface area contributed by atoms with Crippen LogP contribution in [0.3, 0.4) is 0 Å². The third kappa shape index (κ3) is 3.20. The van der Waals surface area contributed by atoms with E-state index in [4.69, 9.17) is 5.11 Å². The Kier molecular flexibility index (Phi) is 3.99. The largest absolute Gasteiger partial charge is 0.481 e. The number of carbonyl (C=O) groups is 3. The number of Topliss-reactive ketones (excluding diaryl/α,β-unsaturated/α-hetero) is 1. The van der Waals surface area contributed by atoms with E-state index in [1.165, 1.54) is 18.3 Å². The number of carboxylic acid groups (broad SMARTS) is 1. The highest BCUT2D eigenvalue weighted by Crippen LogP contribution is 2.26. The molecule has 0 aromatic carbocycles. The molecule has 1 fully saturated rings. The highest BCUT2D eigenvalue weighted by atomic mass is 32.1. The number of hydrogen-bond donors (Lipinski definition) is 2. The van der Waals surface area contributed by atoms with Gasteiger partial charge < -0.3 is 10.4 Å². The number of hydrogen-bond acceptors (Lipinski definition) is 4. The van der Waals surface area contributed by atoms with E-state index < -0.39 is 5.97 Å². The fourth-order valence-electron chi connectivity index (χ4n) is 2.23. The van der Waals surface area contributed by atoms with Gasteiger partial charge in [-0.2, -0.15) is 0 Å². The molecule has 1 aromatic rings. The Morgan fingerprint density at radius 3 is 2.63 bits per heavy atom. The van der Waals surface area contributed by atoms with E-state index >= 15 is 0 Å². The lowest BCUT2D eigenvalue weighted by Crippen LogP contribution is -2.32. The topological polar surface area (TPSA) is 83.5 Å². The minimum atomic E-state index is -0.799. The van der Waals surface area contributed by atoms with Gasteiger partial charge in [-0.1, -0.05) is 0 Å². The maximum Gasteiger partial charge on any atom is 0.306 e. The van der Waals surface area contributed by atoms with E-state index in [9.17, 15) is 14.4 Å². The first kappa shape index (κ1) is 13.7. The van der Waals surface area contributed by atoms with Gasteiger partial charge in [0.2, 0.25) is 0 Å². The van der Waals surface area contributed by atoms with Crippen LogP contribution >= 0.6 is 11.3 Å². The summed E-state index contributed by atoms with van der Waals surface area (Å²) in [4.78, 5) is 34.4. The first-order valence-corrected chi connectivity index (χ1v) is 6.98. The zero-order chi connectivity index (χ0) is 14.0. The number of rotatable bonds is 4. The number of amides is 1. The van der Waals surface area contributed by atoms with Crippen molar-refractivity contribution in [2.45, 2.75) is 32.2 Å². The SMILES string of the molecule is CC(=O)c1csc(C(=O)N[C@H]2CC[C@@H](C(=O)O)C2)c1. The third-order valence-electron chi connectivity index (χ3n) is 3.35. The van der Waals surface area contributed by atoms with Crippen LogP contribution in [-0.4, -0.2) is 28.8 Å². The minimum absolute atomic E-state index is 0.0675. The number of thiophene rings is 1. The molecule has 1 amide bonds. The van der Waals surface area contributed by atoms with Crippen molar-refractivity contribution in [3.05, 3.63) is 21.9 Å². The molecule has 19 heavy (non-hydrogen) atoms. The smallest absolute Gasteiger partial charge is 0.306 e. The Labute approximate surface area is 114 Å². The third-order valence-corrected chi connectivity index (χ3v) is 4.28. The number of carboxylic acids is 1. The van der Waals surface area contributed by atoms with Gasteiger partial charge >= 0.3 is 5.97 Å². The Morgan fingerprint density at radius 1 is 1.37 bits per heavy atom. The van der Waals surface area contributed by atoms with Crippen molar-refractivity contribution in [2.24, 2.45) is 5.92 Å². The fraction of sp³-hybridized carbons (Fsp3) is 0.462. The van der Waals surface area contributed by atoms with Crippen molar-refractivity contribution in [1.29, 1.82) is 0 Å². The van der Waals surface area contributed by atoms with Gasteiger partial charge in [-0.25, -0.2) is 0 Å². The monoisotopic (exact) mass is 281 g/mol. The molecular weight excluding hydrogens is 266 g/mol. The Balaban J connectivity index is 1.94. The number of nitrogens with one attached hydrogen (secondary N) is 1. The predicted octanol–water partition coefficient (Wildman–Crippen LogP) is 1.93. The molecule has 5 nitrogen and oxygen atoms in total. The van der Waals surface area contributed by atoms with E-state index in [1.807, 2.05) is 0 Å². The second-order valence-corrected chi connectivity index (χ2v) is 5.69. The zero-order valence-electron chi connectivity index (χ0n) is 10.5. The summed E-state index contributed by atoms with van der Waals surface area (Å²) < 4.78 is 0. The molecule has 0 unspecified atom stereocenters. The molecule has 102 valence electrons. The number of aliphatic carboxylic acids is 1. The van der Waals surface area contributed by atoms with Crippen molar-refractivity contribution in [3.8, 4) is 0 Å². The van der Waals surface area contributed by atoms with Crippen LogP contribution in [-0.2, 0) is 4.79 Å². The average Bonchev–Trinajstić information content (AvgIpc) is 2.96. The Hall–Kier alpha value is -1.69. The summed E-state index contributed by atoms with van der Waals surface area (Å²) in [7, 11) is 0. The summed E-state index contributed by atoms with van der Waals surface area (Å²) >= 11 is 1.23. The maximum absolute atomic E-state index is 12.0. The first-order chi connectivity index (χ1) is 8.97. The molecule has 6 heteroatoms. The van der Waals surface area contributed by atoms with Crippen molar-refractivity contribution in [3.63, 3.8) is 0 Å². The van der Waals surface area contributed by atoms with Crippen molar-refractivity contribution >= 4 is 29.0 Å². The summed E-state index contributed by atoms with van der Waals surface area (Å²) in [5.41, 5.74) is 0.532. The van der Waals surface area contributed by atoms with Gasteiger partial charge in [-0.05, 0) is 32.3 Å². The minimum Gasteiger partial charge on any atom is -0.481 e. The molecule has 1 aromatic heterocycles. The number of carbonyl (C=O) groups excluding carboxylic acids is 2. The normalized spacial score (nSPS) is 22.2. The molecule has 2 N–H and O–H groups in total. The fourth-order valence-corrected chi connectivity index (χ4v) is 3.08. The van der Waals surface area contributed by atoms with Gasteiger partial charge in [-0.15, -0.1) is 11.3 Å². The van der Waals surface area contributed by atoms with Crippen molar-refractivity contribution < 1.29 is 19.5 Å². The van der Waals surface area contributed by atoms with E-state index in [-0.39, 0.29) is 23.7 Å². The highest BCUT2D eigenvalue weighted by Gasteiger charge is 2.30. The second-order valence-electron chi connectivity index (χ2n) is 4.77. The van der Waals surface area contributed by atoms with Gasteiger partial charge in [0.1, 0.15) is 0 Å². The molecular formula is C13H15NO4S. The lowest BCUT2D eigenvalue weighted by atomic mass is 10.1. The quantitative estimate of drug-likeness (QED) is 0.826. The summed E-state index contributed by atoms with van der Waals surface area (Å²) in [5.74, 6) is -1.45. The van der Waals surface area contributed by atoms with Crippen LogP contribution in [0.25, 0.3) is 0 Å². The van der Waals surface area contributed by atoms with Gasteiger partial charge in [0, 0.05) is 17.0 Å². The first-order valence-electron chi connectivity index (χ1n) is 6.10. The van der Waals surface area contributed by atoms with E-state index in [1.54, 1.807) is 11.4 Å². The van der Waals surface area contributed by atoms with E-state index in [0.717, 1.165) is 0 Å². The van der Waals surface area contributed by atoms with Crippen LogP contribution in [0.4, 0.5) is 0 Å². The number of ketones is 1. The Morgan fingerprint density at radius 2 is 2.11 bits per heavy atom. The summed E-state index contributed by atoms with van der Waals surface area (Å²) in [6, 6.07) is 1.49. The van der Waals surface area contributed by atoms with Crippen molar-refractivity contribution in [2.75, 3.05) is 0 Å². The van der Waals surface area contributed by atoms with Crippen LogP contribution in [0.1, 0.15) is 46.2 Å². The molecule has 0 bridgehead atoms. The summed E-state index contributed by atoms with van der Waals surface area (Å²) in [6.45, 7) is 1.46. The Bertz CT molecular complexity index is 522. The molecule has 0 spiro atoms. The molecule has 0 saturated heterocycles. The van der Waals surface area contributed by atoms with Crippen LogP contribution < -0.4 is 5.32 Å². The van der Waals surface area contributed by atoms with Crippen LogP contribution in [0.2, 0.25) is 0 Å². The maximum atomic E-state index is 12.0. The van der Waals surface area contributed by atoms with E-state index in [0.29, 0.717) is 29.7 Å². The molecule has 1 aliphatic rings. The van der Waals surface area contributed by atoms with Crippen molar-refractivity contribution in [1.82, 2.24) is 5.32 Å². The lowest BCUT2D eigenvalue weighted by molar-refractivity contribution is -0.141. The highest BCUT2D eigenvalue weighted by molar-refractivity contribution is 7.12. The van der Waals surface area contributed by atoms with Crippen LogP contribution in [0.5, 0.6) is 0 Å². The second kappa shape index (κ2) is 5.52. The molecule has 1 aliphatic carbocycles. The molecule has 2 atom stereocenters. The van der Waals surface area contributed by atoms with Gasteiger partial charge in [0.15, 0.2) is 5.78 Å². The van der Waals surface area contributed by atoms with Gasteiger partial charge in [0.05, 0.1) is 10.8 Å². The summed E-state index contributed by atoms with van der Waals surface area (Å²) in [6.07, 6.45) is 1.77. The predicted molar refractivity (Wildman–Crippen MR) is 70.6 cm³/mol. The average molecular weight is 281 g/mol. The molecule has 0 aliphatic heterocycles. The summed E-state index contributed by atoms with van der Waals surface area (Å²) in [5, 5.41) is 13.4. The van der Waals surface area contributed by atoms with Gasteiger partial charge in [0.25, 0.3) is 5.91 Å². The molecule has 2 rings (SSSR count). The van der Waals surface area contributed by atoms with Gasteiger partial charge in [-0.3, -0.25) is 14.4 Å². The molecule has 1 saturated carbocycles. The molecule has 0 radical (unpaired) electrons. The lowest BCUT2D eigenvalue weighted by Gasteiger charge is -2.11. The molecule has 1 heterocycles. The standard InChI is InChI=1S/C13H15NO4S/c1-7(15)9-5-11(19-6-9)12(16)14-10-3-2-8(4-10)13(17)18/h5-6,8,10H,2-4H2,1H3,(H,14,16)(H,17,18)/t8-,10+/m1/s1. The van der Waals surface area contributed by atoms with Crippen LogP contribution in [0, 0.1) is 5.92 Å². The van der Waals surface area contributed by atoms with E-state index in [2.05, 4.69) is 5.32 Å².